The molecule has 1 aromatic heterocycles. The highest BCUT2D eigenvalue weighted by atomic mass is 32.1. The van der Waals surface area contributed by atoms with Gasteiger partial charge in [-0.15, -0.1) is 11.3 Å². The molecule has 0 atom stereocenters. The molecule has 0 N–H and O–H groups in total. The summed E-state index contributed by atoms with van der Waals surface area (Å²) in [5.74, 6) is 4.18. The minimum atomic E-state index is -0.118. The van der Waals surface area contributed by atoms with E-state index in [2.05, 4.69) is 4.90 Å². The first-order valence-electron chi connectivity index (χ1n) is 14.1. The molecule has 0 saturated carbocycles. The average Bonchev–Trinajstić information content (AvgIpc) is 3.72. The number of rotatable bonds is 14. The Labute approximate surface area is 261 Å². The van der Waals surface area contributed by atoms with Crippen molar-refractivity contribution in [3.05, 3.63) is 87.4 Å². The molecule has 44 heavy (non-hydrogen) atoms. The fraction of sp³-hybridized carbons (Fsp3) is 0.333. The maximum atomic E-state index is 13.3. The molecular weight excluding hydrogens is 582 g/mol. The lowest BCUT2D eigenvalue weighted by molar-refractivity contribution is 0.0791. The number of benzene rings is 3. The van der Waals surface area contributed by atoms with Crippen LogP contribution < -0.4 is 28.4 Å². The molecule has 4 aromatic rings. The zero-order valence-electron chi connectivity index (χ0n) is 25.6. The Morgan fingerprint density at radius 1 is 0.818 bits per heavy atom. The van der Waals surface area contributed by atoms with E-state index >= 15 is 0 Å². The molecule has 0 radical (unpaired) electrons. The second-order valence-corrected chi connectivity index (χ2v) is 11.2. The molecule has 0 saturated heterocycles. The molecule has 3 aromatic carbocycles. The zero-order valence-corrected chi connectivity index (χ0v) is 26.4. The number of nitrogens with zero attached hydrogens (tertiary/aromatic N) is 3. The second-order valence-electron chi connectivity index (χ2n) is 10.3. The predicted molar refractivity (Wildman–Crippen MR) is 167 cm³/mol. The standard InChI is InChI=1S/C33H37N3O7S/c1-35(13-12-22-6-10-27(39-3)30(14-22)41-5)33(37)26-20-44-32(34-26)19-36(17-23-7-11-28-31(15-23)43-21-42-28)18-24-8-9-25(38-2)16-29(24)40-4/h6-11,14-16,20H,12-13,17-19,21H2,1-5H3. The Kier molecular flexibility index (Phi) is 10.1. The van der Waals surface area contributed by atoms with Gasteiger partial charge in [-0.05, 0) is 47.9 Å². The number of carbonyl (C=O) groups is 1. The summed E-state index contributed by atoms with van der Waals surface area (Å²) < 4.78 is 32.9. The van der Waals surface area contributed by atoms with Gasteiger partial charge < -0.3 is 33.3 Å². The lowest BCUT2D eigenvalue weighted by atomic mass is 10.1. The number of thiazole rings is 1. The molecule has 2 heterocycles. The molecule has 1 amide bonds. The number of fused-ring (bicyclic) bond motifs is 1. The average molecular weight is 620 g/mol. The number of hydrogen-bond acceptors (Lipinski definition) is 10. The van der Waals surface area contributed by atoms with E-state index in [9.17, 15) is 4.79 Å². The molecular formula is C33H37N3O7S. The van der Waals surface area contributed by atoms with Crippen molar-refractivity contribution < 1.29 is 33.2 Å². The maximum absolute atomic E-state index is 13.3. The zero-order chi connectivity index (χ0) is 31.1. The van der Waals surface area contributed by atoms with Crippen LogP contribution in [0.1, 0.15) is 32.2 Å². The van der Waals surface area contributed by atoms with Gasteiger partial charge in [0.05, 0.1) is 35.0 Å². The SMILES string of the molecule is COc1ccc(CN(Cc2ccc3c(c2)OCO3)Cc2nc(C(=O)N(C)CCc3ccc(OC)c(OC)c3)cs2)c(OC)c1. The third-order valence-electron chi connectivity index (χ3n) is 7.39. The first-order valence-corrected chi connectivity index (χ1v) is 15.0. The van der Waals surface area contributed by atoms with E-state index in [4.69, 9.17) is 33.4 Å². The molecule has 0 aliphatic carbocycles. The topological polar surface area (TPSA) is 91.8 Å². The van der Waals surface area contributed by atoms with Crippen LogP contribution in [0.4, 0.5) is 0 Å². The van der Waals surface area contributed by atoms with Gasteiger partial charge in [-0.1, -0.05) is 18.2 Å². The molecule has 10 nitrogen and oxygen atoms in total. The summed E-state index contributed by atoms with van der Waals surface area (Å²) in [5, 5.41) is 2.67. The Morgan fingerprint density at radius 3 is 2.36 bits per heavy atom. The molecule has 0 unspecified atom stereocenters. The Morgan fingerprint density at radius 2 is 1.59 bits per heavy atom. The molecule has 1 aliphatic heterocycles. The van der Waals surface area contributed by atoms with Gasteiger partial charge in [-0.25, -0.2) is 4.98 Å². The minimum absolute atomic E-state index is 0.118. The molecule has 0 fully saturated rings. The maximum Gasteiger partial charge on any atom is 0.273 e. The van der Waals surface area contributed by atoms with Gasteiger partial charge in [0.25, 0.3) is 5.91 Å². The van der Waals surface area contributed by atoms with Crippen molar-refractivity contribution in [2.24, 2.45) is 0 Å². The van der Waals surface area contributed by atoms with Gasteiger partial charge in [-0.2, -0.15) is 0 Å². The van der Waals surface area contributed by atoms with Crippen LogP contribution in [-0.4, -0.2) is 69.5 Å². The summed E-state index contributed by atoms with van der Waals surface area (Å²) in [7, 11) is 8.31. The highest BCUT2D eigenvalue weighted by Crippen LogP contribution is 2.34. The number of methoxy groups -OCH3 is 4. The molecule has 1 aliphatic rings. The normalized spacial score (nSPS) is 11.9. The van der Waals surface area contributed by atoms with Gasteiger partial charge in [-0.3, -0.25) is 9.69 Å². The van der Waals surface area contributed by atoms with Gasteiger partial charge in [0.1, 0.15) is 22.2 Å². The third-order valence-corrected chi connectivity index (χ3v) is 8.23. The smallest absolute Gasteiger partial charge is 0.273 e. The minimum Gasteiger partial charge on any atom is -0.497 e. The van der Waals surface area contributed by atoms with Crippen LogP contribution in [0.15, 0.2) is 60.0 Å². The number of likely N-dealkylation sites (N-methyl/N-ethyl adjacent to an activating group) is 1. The van der Waals surface area contributed by atoms with Crippen LogP contribution in [0, 0.1) is 0 Å². The van der Waals surface area contributed by atoms with Crippen molar-refractivity contribution in [1.29, 1.82) is 0 Å². The largest absolute Gasteiger partial charge is 0.497 e. The summed E-state index contributed by atoms with van der Waals surface area (Å²) in [6, 6.07) is 17.6. The van der Waals surface area contributed by atoms with Crippen LogP contribution in [0.2, 0.25) is 0 Å². The second kappa shape index (κ2) is 14.3. The van der Waals surface area contributed by atoms with Gasteiger partial charge >= 0.3 is 0 Å². The van der Waals surface area contributed by atoms with Crippen molar-refractivity contribution in [2.75, 3.05) is 48.8 Å². The first kappa shape index (κ1) is 31.0. The fourth-order valence-corrected chi connectivity index (χ4v) is 5.80. The third kappa shape index (κ3) is 7.35. The van der Waals surface area contributed by atoms with Crippen molar-refractivity contribution in [2.45, 2.75) is 26.1 Å². The highest BCUT2D eigenvalue weighted by Gasteiger charge is 2.20. The molecule has 232 valence electrons. The van der Waals surface area contributed by atoms with E-state index < -0.39 is 0 Å². The van der Waals surface area contributed by atoms with Gasteiger partial charge in [0.2, 0.25) is 6.79 Å². The van der Waals surface area contributed by atoms with Gasteiger partial charge in [0.15, 0.2) is 23.0 Å². The summed E-state index contributed by atoms with van der Waals surface area (Å²) in [4.78, 5) is 22.0. The van der Waals surface area contributed by atoms with E-state index in [0.29, 0.717) is 49.8 Å². The molecule has 0 spiro atoms. The highest BCUT2D eigenvalue weighted by molar-refractivity contribution is 7.09. The van der Waals surface area contributed by atoms with Crippen LogP contribution in [0.25, 0.3) is 0 Å². The Balaban J connectivity index is 1.28. The van der Waals surface area contributed by atoms with Crippen molar-refractivity contribution >= 4 is 17.2 Å². The summed E-state index contributed by atoms with van der Waals surface area (Å²) in [6.45, 7) is 2.52. The molecule has 0 bridgehead atoms. The van der Waals surface area contributed by atoms with Crippen LogP contribution >= 0.6 is 11.3 Å². The number of carbonyl (C=O) groups excluding carboxylic acids is 1. The van der Waals surface area contributed by atoms with Crippen LogP contribution in [-0.2, 0) is 26.1 Å². The van der Waals surface area contributed by atoms with Crippen LogP contribution in [0.3, 0.4) is 0 Å². The van der Waals surface area contributed by atoms with E-state index in [1.165, 1.54) is 11.3 Å². The lowest BCUT2D eigenvalue weighted by Crippen LogP contribution is -2.29. The predicted octanol–water partition coefficient (Wildman–Crippen LogP) is 5.42. The Hall–Kier alpha value is -4.48. The van der Waals surface area contributed by atoms with E-state index in [1.54, 1.807) is 40.4 Å². The number of aromatic nitrogens is 1. The van der Waals surface area contributed by atoms with E-state index in [1.807, 2.05) is 60.0 Å². The van der Waals surface area contributed by atoms with Crippen molar-refractivity contribution in [1.82, 2.24) is 14.8 Å². The van der Waals surface area contributed by atoms with Crippen LogP contribution in [0.5, 0.6) is 34.5 Å². The van der Waals surface area contributed by atoms with E-state index in [-0.39, 0.29) is 12.7 Å². The van der Waals surface area contributed by atoms with Crippen molar-refractivity contribution in [3.63, 3.8) is 0 Å². The fourth-order valence-electron chi connectivity index (χ4n) is 4.99. The summed E-state index contributed by atoms with van der Waals surface area (Å²) >= 11 is 1.48. The quantitative estimate of drug-likeness (QED) is 0.183. The number of hydrogen-bond donors (Lipinski definition) is 0. The number of amides is 1. The summed E-state index contributed by atoms with van der Waals surface area (Å²) in [6.07, 6.45) is 0.673. The number of ether oxygens (including phenoxy) is 6. The molecule has 11 heteroatoms. The van der Waals surface area contributed by atoms with E-state index in [0.717, 1.165) is 44.7 Å². The Bertz CT molecular complexity index is 1590. The summed E-state index contributed by atoms with van der Waals surface area (Å²) in [5.41, 5.74) is 3.57. The monoisotopic (exact) mass is 619 g/mol. The molecule has 5 rings (SSSR count). The van der Waals surface area contributed by atoms with Crippen molar-refractivity contribution in [3.8, 4) is 34.5 Å². The lowest BCUT2D eigenvalue weighted by Gasteiger charge is -2.23. The van der Waals surface area contributed by atoms with Gasteiger partial charge in [0, 0.05) is 43.7 Å². The first-order chi connectivity index (χ1) is 21.4.